The molecule has 0 saturated carbocycles. The van der Waals surface area contributed by atoms with Gasteiger partial charge in [-0.1, -0.05) is 27.2 Å². The number of carbonyl (C=O) groups excluding carboxylic acids is 1. The lowest BCUT2D eigenvalue weighted by Gasteiger charge is -2.23. The molecule has 1 radical (unpaired) electrons. The fraction of sp³-hybridized carbons (Fsp3) is 0.818. The van der Waals surface area contributed by atoms with Crippen molar-refractivity contribution in [1.29, 1.82) is 0 Å². The van der Waals surface area contributed by atoms with Crippen molar-refractivity contribution in [3.63, 3.8) is 0 Å². The van der Waals surface area contributed by atoms with Crippen LogP contribution in [0.1, 0.15) is 40.0 Å². The molecule has 2 heteroatoms. The average Bonchev–Trinajstić information content (AvgIpc) is 2.10. The second-order valence-electron chi connectivity index (χ2n) is 3.84. The minimum atomic E-state index is 0.183. The SMILES string of the molecule is [CH2]CC(=O)N(CCCC)CC(C)C. The van der Waals surface area contributed by atoms with Crippen molar-refractivity contribution in [3.05, 3.63) is 6.92 Å². The van der Waals surface area contributed by atoms with Gasteiger partial charge in [0.1, 0.15) is 0 Å². The van der Waals surface area contributed by atoms with E-state index in [9.17, 15) is 4.79 Å². The Morgan fingerprint density at radius 1 is 1.46 bits per heavy atom. The van der Waals surface area contributed by atoms with E-state index in [0.29, 0.717) is 12.3 Å². The highest BCUT2D eigenvalue weighted by molar-refractivity contribution is 5.76. The normalized spacial score (nSPS) is 10.5. The fourth-order valence-corrected chi connectivity index (χ4v) is 1.27. The van der Waals surface area contributed by atoms with Crippen LogP contribution >= 0.6 is 0 Å². The van der Waals surface area contributed by atoms with E-state index in [4.69, 9.17) is 0 Å². The standard InChI is InChI=1S/C11H22NO/c1-5-7-8-12(9-10(3)4)11(13)6-2/h10H,2,5-9H2,1,3-4H3. The van der Waals surface area contributed by atoms with Gasteiger partial charge in [-0.25, -0.2) is 0 Å². The smallest absolute Gasteiger partial charge is 0.222 e. The lowest BCUT2D eigenvalue weighted by atomic mass is 10.2. The molecular weight excluding hydrogens is 162 g/mol. The first-order valence-corrected chi connectivity index (χ1v) is 5.18. The van der Waals surface area contributed by atoms with Gasteiger partial charge in [-0.05, 0) is 19.3 Å². The number of unbranched alkanes of at least 4 members (excludes halogenated alkanes) is 1. The van der Waals surface area contributed by atoms with Crippen molar-refractivity contribution < 1.29 is 4.79 Å². The molecule has 0 saturated heterocycles. The summed E-state index contributed by atoms with van der Waals surface area (Å²) in [6, 6.07) is 0. The molecule has 0 fully saturated rings. The summed E-state index contributed by atoms with van der Waals surface area (Å²) < 4.78 is 0. The largest absolute Gasteiger partial charge is 0.342 e. The van der Waals surface area contributed by atoms with Crippen LogP contribution in [0.15, 0.2) is 0 Å². The topological polar surface area (TPSA) is 20.3 Å². The average molecular weight is 184 g/mol. The van der Waals surface area contributed by atoms with Crippen LogP contribution in [0, 0.1) is 12.8 Å². The summed E-state index contributed by atoms with van der Waals surface area (Å²) in [5.74, 6) is 0.731. The number of hydrogen-bond acceptors (Lipinski definition) is 1. The third-order valence-corrected chi connectivity index (χ3v) is 1.93. The van der Waals surface area contributed by atoms with Crippen molar-refractivity contribution in [2.24, 2.45) is 5.92 Å². The maximum absolute atomic E-state index is 11.4. The van der Waals surface area contributed by atoms with E-state index < -0.39 is 0 Å². The van der Waals surface area contributed by atoms with E-state index in [1.807, 2.05) is 4.90 Å². The van der Waals surface area contributed by atoms with Gasteiger partial charge in [-0.3, -0.25) is 4.79 Å². The highest BCUT2D eigenvalue weighted by Crippen LogP contribution is 2.03. The fourth-order valence-electron chi connectivity index (χ4n) is 1.27. The maximum atomic E-state index is 11.4. The Hall–Kier alpha value is -0.530. The van der Waals surface area contributed by atoms with Gasteiger partial charge in [-0.15, -0.1) is 0 Å². The maximum Gasteiger partial charge on any atom is 0.222 e. The highest BCUT2D eigenvalue weighted by Gasteiger charge is 2.11. The second kappa shape index (κ2) is 6.93. The quantitative estimate of drug-likeness (QED) is 0.621. The van der Waals surface area contributed by atoms with Crippen LogP contribution < -0.4 is 0 Å². The monoisotopic (exact) mass is 184 g/mol. The van der Waals surface area contributed by atoms with E-state index in [1.165, 1.54) is 0 Å². The van der Waals surface area contributed by atoms with Gasteiger partial charge in [0.15, 0.2) is 0 Å². The Kier molecular flexibility index (Phi) is 6.65. The van der Waals surface area contributed by atoms with Gasteiger partial charge in [0.05, 0.1) is 0 Å². The van der Waals surface area contributed by atoms with Gasteiger partial charge in [0.2, 0.25) is 5.91 Å². The molecule has 1 amide bonds. The van der Waals surface area contributed by atoms with E-state index in [0.717, 1.165) is 25.9 Å². The Bertz CT molecular complexity index is 143. The van der Waals surface area contributed by atoms with E-state index >= 15 is 0 Å². The van der Waals surface area contributed by atoms with Crippen LogP contribution in [0.5, 0.6) is 0 Å². The van der Waals surface area contributed by atoms with E-state index in [2.05, 4.69) is 27.7 Å². The van der Waals surface area contributed by atoms with E-state index in [-0.39, 0.29) is 5.91 Å². The molecule has 0 aliphatic rings. The molecule has 2 nitrogen and oxygen atoms in total. The highest BCUT2D eigenvalue weighted by atomic mass is 16.2. The summed E-state index contributed by atoms with van der Waals surface area (Å²) in [5.41, 5.74) is 0. The Morgan fingerprint density at radius 3 is 2.46 bits per heavy atom. The van der Waals surface area contributed by atoms with Crippen LogP contribution in [-0.2, 0) is 4.79 Å². The molecular formula is C11H22NO. The summed E-state index contributed by atoms with van der Waals surface area (Å²) in [6.45, 7) is 11.8. The molecule has 0 aromatic carbocycles. The summed E-state index contributed by atoms with van der Waals surface area (Å²) in [7, 11) is 0. The molecule has 0 aromatic rings. The molecule has 0 aromatic heterocycles. The van der Waals surface area contributed by atoms with Crippen molar-refractivity contribution in [2.45, 2.75) is 40.0 Å². The zero-order valence-electron chi connectivity index (χ0n) is 9.18. The van der Waals surface area contributed by atoms with Gasteiger partial charge in [0.25, 0.3) is 0 Å². The van der Waals surface area contributed by atoms with Crippen molar-refractivity contribution >= 4 is 5.91 Å². The first kappa shape index (κ1) is 12.5. The minimum Gasteiger partial charge on any atom is -0.342 e. The third kappa shape index (κ3) is 5.67. The molecule has 0 heterocycles. The Balaban J connectivity index is 3.94. The number of amides is 1. The first-order valence-electron chi connectivity index (χ1n) is 5.18. The van der Waals surface area contributed by atoms with Crippen LogP contribution in [0.3, 0.4) is 0 Å². The first-order chi connectivity index (χ1) is 6.11. The molecule has 0 spiro atoms. The molecule has 0 rings (SSSR count). The van der Waals surface area contributed by atoms with Gasteiger partial charge < -0.3 is 4.90 Å². The molecule has 13 heavy (non-hydrogen) atoms. The summed E-state index contributed by atoms with van der Waals surface area (Å²) in [6.07, 6.45) is 2.62. The van der Waals surface area contributed by atoms with Gasteiger partial charge in [-0.2, -0.15) is 0 Å². The van der Waals surface area contributed by atoms with Gasteiger partial charge in [0, 0.05) is 19.5 Å². The van der Waals surface area contributed by atoms with E-state index in [1.54, 1.807) is 0 Å². The molecule has 0 aliphatic heterocycles. The second-order valence-corrected chi connectivity index (χ2v) is 3.84. The number of rotatable bonds is 6. The Morgan fingerprint density at radius 2 is 2.08 bits per heavy atom. The van der Waals surface area contributed by atoms with Crippen molar-refractivity contribution in [3.8, 4) is 0 Å². The van der Waals surface area contributed by atoms with Crippen molar-refractivity contribution in [2.75, 3.05) is 13.1 Å². The minimum absolute atomic E-state index is 0.183. The molecule has 0 aliphatic carbocycles. The number of hydrogen-bond donors (Lipinski definition) is 0. The van der Waals surface area contributed by atoms with Crippen LogP contribution in [-0.4, -0.2) is 23.9 Å². The summed E-state index contributed by atoms with van der Waals surface area (Å²) >= 11 is 0. The lowest BCUT2D eigenvalue weighted by molar-refractivity contribution is -0.130. The molecule has 0 bridgehead atoms. The lowest BCUT2D eigenvalue weighted by Crippen LogP contribution is -2.34. The van der Waals surface area contributed by atoms with Crippen LogP contribution in [0.4, 0.5) is 0 Å². The number of carbonyl (C=O) groups is 1. The molecule has 0 N–H and O–H groups in total. The summed E-state index contributed by atoms with van der Waals surface area (Å²) in [5, 5.41) is 0. The van der Waals surface area contributed by atoms with Crippen molar-refractivity contribution in [1.82, 2.24) is 4.90 Å². The molecule has 0 atom stereocenters. The third-order valence-electron chi connectivity index (χ3n) is 1.93. The van der Waals surface area contributed by atoms with Crippen LogP contribution in [0.2, 0.25) is 0 Å². The predicted octanol–water partition coefficient (Wildman–Crippen LogP) is 2.50. The van der Waals surface area contributed by atoms with Gasteiger partial charge >= 0.3 is 0 Å². The molecule has 0 unspecified atom stereocenters. The van der Waals surface area contributed by atoms with Crippen LogP contribution in [0.25, 0.3) is 0 Å². The molecule has 77 valence electrons. The Labute approximate surface area is 82.3 Å². The zero-order valence-corrected chi connectivity index (χ0v) is 9.18. The number of nitrogens with zero attached hydrogens (tertiary/aromatic N) is 1. The zero-order chi connectivity index (χ0) is 10.3. The summed E-state index contributed by atoms with van der Waals surface area (Å²) in [4.78, 5) is 13.3. The predicted molar refractivity (Wildman–Crippen MR) is 56.3 cm³/mol.